The molecule has 0 radical (unpaired) electrons. The van der Waals surface area contributed by atoms with E-state index in [-0.39, 0.29) is 12.9 Å². The van der Waals surface area contributed by atoms with Crippen molar-refractivity contribution in [3.63, 3.8) is 0 Å². The van der Waals surface area contributed by atoms with Gasteiger partial charge in [-0.1, -0.05) is 0 Å². The minimum atomic E-state index is 0.187. The Labute approximate surface area is 132 Å². The highest BCUT2D eigenvalue weighted by atomic mass is 79.9. The summed E-state index contributed by atoms with van der Waals surface area (Å²) in [5, 5.41) is 0. The van der Waals surface area contributed by atoms with E-state index in [4.69, 9.17) is 19.9 Å². The van der Waals surface area contributed by atoms with Crippen LogP contribution < -0.4 is 15.2 Å². The SMILES string of the molecule is CC1CN(C(N)=NCc2cc(Br)c3c(c2)OCO3)CCO1. The maximum atomic E-state index is 6.06. The van der Waals surface area contributed by atoms with E-state index in [1.807, 2.05) is 19.1 Å². The van der Waals surface area contributed by atoms with E-state index in [2.05, 4.69) is 25.8 Å². The fourth-order valence-corrected chi connectivity index (χ4v) is 3.01. The number of nitrogens with zero attached hydrogens (tertiary/aromatic N) is 2. The van der Waals surface area contributed by atoms with E-state index in [1.165, 1.54) is 0 Å². The molecule has 0 aromatic heterocycles. The average molecular weight is 356 g/mol. The molecule has 0 aliphatic carbocycles. The Morgan fingerprint density at radius 1 is 1.48 bits per heavy atom. The summed E-state index contributed by atoms with van der Waals surface area (Å²) in [7, 11) is 0. The van der Waals surface area contributed by atoms with Gasteiger partial charge in [0.2, 0.25) is 6.79 Å². The largest absolute Gasteiger partial charge is 0.454 e. The van der Waals surface area contributed by atoms with Crippen LogP contribution in [-0.4, -0.2) is 43.5 Å². The van der Waals surface area contributed by atoms with Crippen molar-refractivity contribution >= 4 is 21.9 Å². The van der Waals surface area contributed by atoms with Crippen LogP contribution in [0.25, 0.3) is 0 Å². The summed E-state index contributed by atoms with van der Waals surface area (Å²) in [6.45, 7) is 5.05. The number of rotatable bonds is 2. The van der Waals surface area contributed by atoms with Crippen molar-refractivity contribution in [1.29, 1.82) is 0 Å². The first-order chi connectivity index (χ1) is 10.1. The van der Waals surface area contributed by atoms with Gasteiger partial charge in [-0.15, -0.1) is 0 Å². The van der Waals surface area contributed by atoms with Crippen LogP contribution >= 0.6 is 15.9 Å². The summed E-state index contributed by atoms with van der Waals surface area (Å²) in [5.74, 6) is 2.05. The molecular formula is C14H18BrN3O3. The smallest absolute Gasteiger partial charge is 0.231 e. The highest BCUT2D eigenvalue weighted by molar-refractivity contribution is 9.10. The van der Waals surface area contributed by atoms with Gasteiger partial charge in [-0.25, -0.2) is 4.99 Å². The Morgan fingerprint density at radius 2 is 2.33 bits per heavy atom. The number of morpholine rings is 1. The fraction of sp³-hybridized carbons (Fsp3) is 0.500. The van der Waals surface area contributed by atoms with Crippen LogP contribution in [0, 0.1) is 0 Å². The average Bonchev–Trinajstić information content (AvgIpc) is 2.93. The molecule has 114 valence electrons. The van der Waals surface area contributed by atoms with Gasteiger partial charge in [-0.2, -0.15) is 0 Å². The zero-order valence-corrected chi connectivity index (χ0v) is 13.4. The second-order valence-corrected chi connectivity index (χ2v) is 5.97. The van der Waals surface area contributed by atoms with E-state index >= 15 is 0 Å². The third kappa shape index (κ3) is 3.24. The number of aliphatic imine (C=N–C) groups is 1. The number of fused-ring (bicyclic) bond motifs is 1. The molecule has 2 aliphatic rings. The molecule has 2 heterocycles. The van der Waals surface area contributed by atoms with Crippen LogP contribution in [-0.2, 0) is 11.3 Å². The Balaban J connectivity index is 1.69. The Morgan fingerprint density at radius 3 is 3.14 bits per heavy atom. The van der Waals surface area contributed by atoms with Crippen molar-refractivity contribution in [3.8, 4) is 11.5 Å². The lowest BCUT2D eigenvalue weighted by atomic mass is 10.2. The van der Waals surface area contributed by atoms with E-state index in [0.717, 1.165) is 34.6 Å². The third-order valence-electron chi connectivity index (χ3n) is 3.48. The first-order valence-electron chi connectivity index (χ1n) is 6.88. The quantitative estimate of drug-likeness (QED) is 0.646. The minimum absolute atomic E-state index is 0.187. The lowest BCUT2D eigenvalue weighted by Crippen LogP contribution is -2.47. The van der Waals surface area contributed by atoms with Crippen molar-refractivity contribution in [2.45, 2.75) is 19.6 Å². The second-order valence-electron chi connectivity index (χ2n) is 5.11. The number of nitrogens with two attached hydrogens (primary N) is 1. The first-order valence-corrected chi connectivity index (χ1v) is 7.67. The van der Waals surface area contributed by atoms with Crippen LogP contribution in [0.3, 0.4) is 0 Å². The molecule has 6 nitrogen and oxygen atoms in total. The zero-order valence-electron chi connectivity index (χ0n) is 11.8. The van der Waals surface area contributed by atoms with Crippen molar-refractivity contribution in [3.05, 3.63) is 22.2 Å². The predicted octanol–water partition coefficient (Wildman–Crippen LogP) is 1.71. The molecular weight excluding hydrogens is 338 g/mol. The minimum Gasteiger partial charge on any atom is -0.454 e. The number of benzene rings is 1. The number of halogens is 1. The van der Waals surface area contributed by atoms with Crippen LogP contribution in [0.2, 0.25) is 0 Å². The summed E-state index contributed by atoms with van der Waals surface area (Å²) in [4.78, 5) is 6.52. The summed E-state index contributed by atoms with van der Waals surface area (Å²) >= 11 is 3.48. The molecule has 7 heteroatoms. The molecule has 21 heavy (non-hydrogen) atoms. The molecule has 2 N–H and O–H groups in total. The van der Waals surface area contributed by atoms with Crippen molar-refractivity contribution in [1.82, 2.24) is 4.90 Å². The normalized spacial score (nSPS) is 21.7. The zero-order chi connectivity index (χ0) is 14.8. The van der Waals surface area contributed by atoms with Gasteiger partial charge in [0.25, 0.3) is 0 Å². The van der Waals surface area contributed by atoms with Crippen molar-refractivity contribution in [2.24, 2.45) is 10.7 Å². The van der Waals surface area contributed by atoms with E-state index < -0.39 is 0 Å². The number of ether oxygens (including phenoxy) is 3. The Kier molecular flexibility index (Phi) is 4.21. The van der Waals surface area contributed by atoms with E-state index in [1.54, 1.807) is 0 Å². The molecule has 1 saturated heterocycles. The molecule has 1 fully saturated rings. The van der Waals surface area contributed by atoms with Crippen LogP contribution in [0.15, 0.2) is 21.6 Å². The topological polar surface area (TPSA) is 69.3 Å². The van der Waals surface area contributed by atoms with Crippen LogP contribution in [0.1, 0.15) is 12.5 Å². The molecule has 3 rings (SSSR count). The predicted molar refractivity (Wildman–Crippen MR) is 82.6 cm³/mol. The highest BCUT2D eigenvalue weighted by Crippen LogP contribution is 2.40. The lowest BCUT2D eigenvalue weighted by molar-refractivity contribution is 0.00529. The number of hydrogen-bond donors (Lipinski definition) is 1. The highest BCUT2D eigenvalue weighted by Gasteiger charge is 2.19. The Hall–Kier alpha value is -1.47. The molecule has 0 bridgehead atoms. The maximum Gasteiger partial charge on any atom is 0.231 e. The van der Waals surface area contributed by atoms with Gasteiger partial charge in [-0.3, -0.25) is 0 Å². The lowest BCUT2D eigenvalue weighted by Gasteiger charge is -2.31. The standard InChI is InChI=1S/C14H18BrN3O3/c1-9-7-18(2-3-19-9)14(16)17-6-10-4-11(15)13-12(5-10)20-8-21-13/h4-5,9H,2-3,6-8H2,1H3,(H2,16,17). The van der Waals surface area contributed by atoms with Gasteiger partial charge in [0.1, 0.15) is 0 Å². The van der Waals surface area contributed by atoms with Gasteiger partial charge < -0.3 is 24.8 Å². The maximum absolute atomic E-state index is 6.06. The van der Waals surface area contributed by atoms with Gasteiger partial charge >= 0.3 is 0 Å². The molecule has 0 amide bonds. The van der Waals surface area contributed by atoms with Crippen LogP contribution in [0.5, 0.6) is 11.5 Å². The number of hydrogen-bond acceptors (Lipinski definition) is 4. The van der Waals surface area contributed by atoms with Crippen LogP contribution in [0.4, 0.5) is 0 Å². The fourth-order valence-electron chi connectivity index (χ4n) is 2.41. The molecule has 0 spiro atoms. The molecule has 1 aromatic rings. The van der Waals surface area contributed by atoms with Gasteiger partial charge in [0.05, 0.1) is 23.7 Å². The molecule has 1 unspecified atom stereocenters. The first kappa shape index (κ1) is 14.5. The third-order valence-corrected chi connectivity index (χ3v) is 4.06. The monoisotopic (exact) mass is 355 g/mol. The summed E-state index contributed by atoms with van der Waals surface area (Å²) < 4.78 is 17.1. The second kappa shape index (κ2) is 6.11. The van der Waals surface area contributed by atoms with Crippen molar-refractivity contribution in [2.75, 3.05) is 26.5 Å². The molecule has 1 atom stereocenters. The van der Waals surface area contributed by atoms with E-state index in [0.29, 0.717) is 19.1 Å². The molecule has 0 saturated carbocycles. The summed E-state index contributed by atoms with van der Waals surface area (Å²) in [6, 6.07) is 3.91. The molecule has 2 aliphatic heterocycles. The summed E-state index contributed by atoms with van der Waals surface area (Å²) in [6.07, 6.45) is 0.187. The Bertz CT molecular complexity index is 565. The number of guanidine groups is 1. The van der Waals surface area contributed by atoms with Gasteiger partial charge in [-0.05, 0) is 40.5 Å². The van der Waals surface area contributed by atoms with E-state index in [9.17, 15) is 0 Å². The van der Waals surface area contributed by atoms with Gasteiger partial charge in [0, 0.05) is 13.1 Å². The van der Waals surface area contributed by atoms with Gasteiger partial charge in [0.15, 0.2) is 17.5 Å². The summed E-state index contributed by atoms with van der Waals surface area (Å²) in [5.41, 5.74) is 7.09. The molecule has 1 aromatic carbocycles. The van der Waals surface area contributed by atoms with Crippen molar-refractivity contribution < 1.29 is 14.2 Å².